The lowest BCUT2D eigenvalue weighted by Gasteiger charge is -2.29. The Balaban J connectivity index is 0.000000289. The zero-order valence-corrected chi connectivity index (χ0v) is 16.8. The molecular weight excluding hydrogens is 336 g/mol. The minimum absolute atomic E-state index is 0.138. The second kappa shape index (κ2) is 12.2. The van der Waals surface area contributed by atoms with E-state index in [1.54, 1.807) is 34.3 Å². The molecule has 0 spiro atoms. The Morgan fingerprint density at radius 3 is 1.96 bits per heavy atom. The van der Waals surface area contributed by atoms with Crippen LogP contribution in [-0.2, 0) is 28.5 Å². The minimum Gasteiger partial charge on any atom is -0.463 e. The monoisotopic (exact) mass is 370 g/mol. The minimum atomic E-state index is -0.274. The first-order chi connectivity index (χ1) is 12.4. The van der Waals surface area contributed by atoms with E-state index in [4.69, 9.17) is 18.9 Å². The summed E-state index contributed by atoms with van der Waals surface area (Å²) in [5, 5.41) is 0. The third-order valence-electron chi connectivity index (χ3n) is 4.81. The molecule has 2 aliphatic rings. The zero-order valence-electron chi connectivity index (χ0n) is 16.8. The van der Waals surface area contributed by atoms with Gasteiger partial charge in [-0.05, 0) is 32.1 Å². The van der Waals surface area contributed by atoms with Crippen LogP contribution in [0.15, 0.2) is 11.6 Å². The van der Waals surface area contributed by atoms with Crippen LogP contribution in [0.4, 0.5) is 0 Å². The molecule has 0 amide bonds. The van der Waals surface area contributed by atoms with E-state index in [0.29, 0.717) is 24.7 Å². The number of rotatable bonds is 5. The number of esters is 1. The molecule has 0 radical (unpaired) electrons. The summed E-state index contributed by atoms with van der Waals surface area (Å²) in [5.41, 5.74) is 1.04. The third kappa shape index (κ3) is 8.43. The Morgan fingerprint density at radius 2 is 1.50 bits per heavy atom. The number of carbonyl (C=O) groups excluding carboxylic acids is 2. The van der Waals surface area contributed by atoms with E-state index >= 15 is 0 Å². The molecule has 0 aromatic heterocycles. The Labute approximate surface area is 157 Å². The van der Waals surface area contributed by atoms with Crippen molar-refractivity contribution < 1.29 is 28.5 Å². The van der Waals surface area contributed by atoms with Gasteiger partial charge in [0.2, 0.25) is 0 Å². The van der Waals surface area contributed by atoms with E-state index in [1.807, 2.05) is 0 Å². The number of hydrogen-bond donors (Lipinski definition) is 0. The van der Waals surface area contributed by atoms with Gasteiger partial charge in [0.15, 0.2) is 0 Å². The van der Waals surface area contributed by atoms with Crippen LogP contribution in [0, 0.1) is 5.92 Å². The van der Waals surface area contributed by atoms with Crippen LogP contribution in [0.2, 0.25) is 0 Å². The highest BCUT2D eigenvalue weighted by Crippen LogP contribution is 2.27. The summed E-state index contributed by atoms with van der Waals surface area (Å²) in [6.45, 7) is 4.31. The molecule has 4 atom stereocenters. The van der Waals surface area contributed by atoms with Crippen LogP contribution in [0.5, 0.6) is 0 Å². The molecule has 3 unspecified atom stereocenters. The molecule has 0 N–H and O–H groups in total. The normalized spacial score (nSPS) is 28.8. The van der Waals surface area contributed by atoms with Crippen molar-refractivity contribution >= 4 is 11.8 Å². The van der Waals surface area contributed by atoms with Gasteiger partial charge >= 0.3 is 5.97 Å². The first-order valence-corrected chi connectivity index (χ1v) is 9.37. The van der Waals surface area contributed by atoms with Crippen molar-refractivity contribution in [1.82, 2.24) is 0 Å². The summed E-state index contributed by atoms with van der Waals surface area (Å²) in [6, 6.07) is 0. The molecule has 26 heavy (non-hydrogen) atoms. The summed E-state index contributed by atoms with van der Waals surface area (Å²) in [6.07, 6.45) is 6.91. The van der Waals surface area contributed by atoms with Crippen molar-refractivity contribution in [2.45, 2.75) is 70.7 Å². The van der Waals surface area contributed by atoms with Gasteiger partial charge < -0.3 is 18.9 Å². The van der Waals surface area contributed by atoms with Crippen LogP contribution in [0.3, 0.4) is 0 Å². The molecule has 0 aromatic rings. The van der Waals surface area contributed by atoms with E-state index in [-0.39, 0.29) is 24.3 Å². The number of ether oxygens (including phenoxy) is 4. The van der Waals surface area contributed by atoms with Crippen LogP contribution >= 0.6 is 0 Å². The maximum atomic E-state index is 11.3. The molecule has 6 heteroatoms. The van der Waals surface area contributed by atoms with Crippen molar-refractivity contribution in [2.24, 2.45) is 5.92 Å². The Kier molecular flexibility index (Phi) is 10.7. The Bertz CT molecular complexity index is 459. The number of Topliss-reactive ketones (excluding diaryl/α,β-unsaturated/α-hetero) is 1. The predicted octanol–water partition coefficient (Wildman–Crippen LogP) is 3.08. The molecule has 0 aliphatic heterocycles. The summed E-state index contributed by atoms with van der Waals surface area (Å²) < 4.78 is 20.6. The van der Waals surface area contributed by atoms with E-state index in [9.17, 15) is 9.59 Å². The lowest BCUT2D eigenvalue weighted by molar-refractivity contribution is -0.137. The molecule has 2 fully saturated rings. The molecular formula is C20H34O6. The lowest BCUT2D eigenvalue weighted by atomic mass is 9.88. The van der Waals surface area contributed by atoms with Gasteiger partial charge in [-0.15, -0.1) is 0 Å². The molecule has 2 aliphatic carbocycles. The molecule has 0 aromatic carbocycles. The second-order valence-electron chi connectivity index (χ2n) is 7.06. The first kappa shape index (κ1) is 22.8. The highest BCUT2D eigenvalue weighted by molar-refractivity contribution is 5.82. The van der Waals surface area contributed by atoms with Crippen LogP contribution < -0.4 is 0 Å². The quantitative estimate of drug-likeness (QED) is 0.547. The highest BCUT2D eigenvalue weighted by atomic mass is 16.5. The average Bonchev–Trinajstić information content (AvgIpc) is 2.61. The van der Waals surface area contributed by atoms with E-state index in [0.717, 1.165) is 37.7 Å². The van der Waals surface area contributed by atoms with Gasteiger partial charge in [-0.1, -0.05) is 12.5 Å². The zero-order chi connectivity index (χ0) is 19.5. The molecule has 0 saturated heterocycles. The summed E-state index contributed by atoms with van der Waals surface area (Å²) >= 11 is 0. The Hall–Kier alpha value is -1.24. The topological polar surface area (TPSA) is 71.1 Å². The van der Waals surface area contributed by atoms with Gasteiger partial charge in [0, 0.05) is 46.7 Å². The number of methoxy groups -OCH3 is 3. The van der Waals surface area contributed by atoms with Crippen molar-refractivity contribution in [3.8, 4) is 0 Å². The van der Waals surface area contributed by atoms with E-state index in [1.165, 1.54) is 0 Å². The molecule has 0 heterocycles. The first-order valence-electron chi connectivity index (χ1n) is 9.37. The standard InChI is InChI=1S/C12H20O4.C8H14O2/c1-4-16-12(13)7-9-5-10(14-2)8-11(6-9)15-3;1-6-3-7(9)5-8(4-6)10-2/h7,10-11H,4-6,8H2,1-3H3;6,8H,3-5H2,1-2H3/t;6-,8?/m.1/s1. The van der Waals surface area contributed by atoms with Gasteiger partial charge in [-0.3, -0.25) is 4.79 Å². The maximum absolute atomic E-state index is 11.3. The highest BCUT2D eigenvalue weighted by Gasteiger charge is 2.25. The number of hydrogen-bond acceptors (Lipinski definition) is 6. The molecule has 2 rings (SSSR count). The van der Waals surface area contributed by atoms with Crippen molar-refractivity contribution in [3.05, 3.63) is 11.6 Å². The van der Waals surface area contributed by atoms with Gasteiger partial charge in [0.05, 0.1) is 24.9 Å². The molecule has 6 nitrogen and oxygen atoms in total. The number of carbonyl (C=O) groups is 2. The van der Waals surface area contributed by atoms with Crippen LogP contribution in [-0.4, -0.2) is 58.0 Å². The van der Waals surface area contributed by atoms with Crippen LogP contribution in [0.1, 0.15) is 52.4 Å². The van der Waals surface area contributed by atoms with E-state index in [2.05, 4.69) is 6.92 Å². The molecule has 150 valence electrons. The van der Waals surface area contributed by atoms with Gasteiger partial charge in [0.1, 0.15) is 5.78 Å². The van der Waals surface area contributed by atoms with Crippen LogP contribution in [0.25, 0.3) is 0 Å². The predicted molar refractivity (Wildman–Crippen MR) is 99.0 cm³/mol. The average molecular weight is 370 g/mol. The van der Waals surface area contributed by atoms with Gasteiger partial charge in [0.25, 0.3) is 0 Å². The number of ketones is 1. The summed E-state index contributed by atoms with van der Waals surface area (Å²) in [5.74, 6) is 0.598. The van der Waals surface area contributed by atoms with Crippen molar-refractivity contribution in [2.75, 3.05) is 27.9 Å². The summed E-state index contributed by atoms with van der Waals surface area (Å²) in [7, 11) is 5.05. The largest absolute Gasteiger partial charge is 0.463 e. The molecule has 0 bridgehead atoms. The van der Waals surface area contributed by atoms with Crippen molar-refractivity contribution in [3.63, 3.8) is 0 Å². The van der Waals surface area contributed by atoms with Gasteiger partial charge in [-0.2, -0.15) is 0 Å². The Morgan fingerprint density at radius 1 is 0.962 bits per heavy atom. The fourth-order valence-electron chi connectivity index (χ4n) is 3.48. The van der Waals surface area contributed by atoms with Crippen molar-refractivity contribution in [1.29, 1.82) is 0 Å². The fraction of sp³-hybridized carbons (Fsp3) is 0.800. The SMILES string of the molecule is CCOC(=O)C=C1CC(OC)CC(OC)C1.COC1CC(=O)C[C@@H](C)C1. The smallest absolute Gasteiger partial charge is 0.330 e. The lowest BCUT2D eigenvalue weighted by Crippen LogP contribution is -2.28. The second-order valence-corrected chi connectivity index (χ2v) is 7.06. The molecule has 2 saturated carbocycles. The van der Waals surface area contributed by atoms with E-state index < -0.39 is 0 Å². The van der Waals surface area contributed by atoms with Gasteiger partial charge in [-0.25, -0.2) is 4.79 Å². The summed E-state index contributed by atoms with van der Waals surface area (Å²) in [4.78, 5) is 22.3. The third-order valence-corrected chi connectivity index (χ3v) is 4.81. The maximum Gasteiger partial charge on any atom is 0.330 e. The fourth-order valence-corrected chi connectivity index (χ4v) is 3.48.